The standard InChI is InChI=1S/C10H15ClN2O/c1-10(2,13)6-4-9(14-3)8(12)5-7(6)11/h4-5H,12-13H2,1-3H3. The van der Waals surface area contributed by atoms with E-state index in [1.54, 1.807) is 19.2 Å². The van der Waals surface area contributed by atoms with Crippen LogP contribution in [0.3, 0.4) is 0 Å². The van der Waals surface area contributed by atoms with Gasteiger partial charge in [0, 0.05) is 10.6 Å². The molecule has 0 aromatic heterocycles. The highest BCUT2D eigenvalue weighted by atomic mass is 35.5. The van der Waals surface area contributed by atoms with Gasteiger partial charge >= 0.3 is 0 Å². The Morgan fingerprint density at radius 2 is 1.93 bits per heavy atom. The first-order valence-corrected chi connectivity index (χ1v) is 4.66. The van der Waals surface area contributed by atoms with Crippen molar-refractivity contribution in [3.63, 3.8) is 0 Å². The molecule has 0 unspecified atom stereocenters. The molecule has 4 N–H and O–H groups in total. The average molecular weight is 215 g/mol. The van der Waals surface area contributed by atoms with Gasteiger partial charge in [-0.15, -0.1) is 0 Å². The molecule has 0 atom stereocenters. The summed E-state index contributed by atoms with van der Waals surface area (Å²) in [5.41, 5.74) is 12.5. The highest BCUT2D eigenvalue weighted by molar-refractivity contribution is 6.31. The number of benzene rings is 1. The van der Waals surface area contributed by atoms with Crippen molar-refractivity contribution in [3.05, 3.63) is 22.7 Å². The number of methoxy groups -OCH3 is 1. The van der Waals surface area contributed by atoms with Crippen LogP contribution in [-0.4, -0.2) is 7.11 Å². The molecule has 78 valence electrons. The maximum absolute atomic E-state index is 6.03. The summed E-state index contributed by atoms with van der Waals surface area (Å²) in [6, 6.07) is 3.43. The summed E-state index contributed by atoms with van der Waals surface area (Å²) >= 11 is 6.03. The molecular weight excluding hydrogens is 200 g/mol. The SMILES string of the molecule is COc1cc(C(C)(C)N)c(Cl)cc1N. The Hall–Kier alpha value is -0.930. The van der Waals surface area contributed by atoms with Gasteiger partial charge in [-0.1, -0.05) is 11.6 Å². The molecule has 1 aromatic carbocycles. The fourth-order valence-electron chi connectivity index (χ4n) is 1.24. The molecule has 0 spiro atoms. The van der Waals surface area contributed by atoms with E-state index in [1.165, 1.54) is 0 Å². The normalized spacial score (nSPS) is 11.5. The second-order valence-corrected chi connectivity index (χ2v) is 4.20. The fourth-order valence-corrected chi connectivity index (χ4v) is 1.65. The Morgan fingerprint density at radius 1 is 1.36 bits per heavy atom. The highest BCUT2D eigenvalue weighted by Crippen LogP contribution is 2.33. The smallest absolute Gasteiger partial charge is 0.142 e. The molecule has 0 saturated heterocycles. The number of ether oxygens (including phenoxy) is 1. The minimum absolute atomic E-state index is 0.502. The van der Waals surface area contributed by atoms with E-state index in [4.69, 9.17) is 27.8 Å². The van der Waals surface area contributed by atoms with Gasteiger partial charge in [-0.2, -0.15) is 0 Å². The molecule has 0 fully saturated rings. The van der Waals surface area contributed by atoms with Gasteiger partial charge in [0.2, 0.25) is 0 Å². The van der Waals surface area contributed by atoms with E-state index >= 15 is 0 Å². The minimum atomic E-state index is -0.502. The van der Waals surface area contributed by atoms with Crippen molar-refractivity contribution in [1.82, 2.24) is 0 Å². The van der Waals surface area contributed by atoms with Crippen LogP contribution in [0.5, 0.6) is 5.75 Å². The first kappa shape index (κ1) is 11.1. The molecule has 3 nitrogen and oxygen atoms in total. The number of hydrogen-bond donors (Lipinski definition) is 2. The van der Waals surface area contributed by atoms with Gasteiger partial charge in [-0.05, 0) is 31.5 Å². The van der Waals surface area contributed by atoms with E-state index in [9.17, 15) is 0 Å². The summed E-state index contributed by atoms with van der Waals surface area (Å²) < 4.78 is 5.10. The summed E-state index contributed by atoms with van der Waals surface area (Å²) in [5.74, 6) is 0.600. The van der Waals surface area contributed by atoms with Crippen LogP contribution in [0.15, 0.2) is 12.1 Å². The summed E-state index contributed by atoms with van der Waals surface area (Å²) in [7, 11) is 1.56. The third-order valence-corrected chi connectivity index (χ3v) is 2.33. The topological polar surface area (TPSA) is 61.3 Å². The van der Waals surface area contributed by atoms with Crippen LogP contribution in [0.4, 0.5) is 5.69 Å². The minimum Gasteiger partial charge on any atom is -0.495 e. The Morgan fingerprint density at radius 3 is 2.36 bits per heavy atom. The molecule has 0 aliphatic carbocycles. The van der Waals surface area contributed by atoms with Gasteiger partial charge in [-0.3, -0.25) is 0 Å². The summed E-state index contributed by atoms with van der Waals surface area (Å²) in [6.45, 7) is 3.76. The van der Waals surface area contributed by atoms with E-state index in [0.717, 1.165) is 5.56 Å². The molecule has 14 heavy (non-hydrogen) atoms. The van der Waals surface area contributed by atoms with Crippen LogP contribution in [0.1, 0.15) is 19.4 Å². The molecule has 1 rings (SSSR count). The molecule has 0 heterocycles. The summed E-state index contributed by atoms with van der Waals surface area (Å²) in [4.78, 5) is 0. The predicted molar refractivity (Wildman–Crippen MR) is 59.6 cm³/mol. The maximum Gasteiger partial charge on any atom is 0.142 e. The molecule has 4 heteroatoms. The first-order chi connectivity index (χ1) is 6.36. The molecule has 0 bridgehead atoms. The number of rotatable bonds is 2. The number of hydrogen-bond acceptors (Lipinski definition) is 3. The van der Waals surface area contributed by atoms with E-state index < -0.39 is 5.54 Å². The van der Waals surface area contributed by atoms with Crippen molar-refractivity contribution in [1.29, 1.82) is 0 Å². The van der Waals surface area contributed by atoms with E-state index in [0.29, 0.717) is 16.5 Å². The van der Waals surface area contributed by atoms with Crippen LogP contribution < -0.4 is 16.2 Å². The van der Waals surface area contributed by atoms with Crippen molar-refractivity contribution in [2.24, 2.45) is 5.73 Å². The van der Waals surface area contributed by atoms with Gasteiger partial charge in [0.25, 0.3) is 0 Å². The van der Waals surface area contributed by atoms with E-state index in [1.807, 2.05) is 13.8 Å². The lowest BCUT2D eigenvalue weighted by Gasteiger charge is -2.22. The molecular formula is C10H15ClN2O. The predicted octanol–water partition coefficient (Wildman–Crippen LogP) is 2.12. The highest BCUT2D eigenvalue weighted by Gasteiger charge is 2.19. The zero-order valence-corrected chi connectivity index (χ0v) is 9.35. The van der Waals surface area contributed by atoms with Gasteiger partial charge in [-0.25, -0.2) is 0 Å². The van der Waals surface area contributed by atoms with Gasteiger partial charge in [0.15, 0.2) is 0 Å². The van der Waals surface area contributed by atoms with Gasteiger partial charge < -0.3 is 16.2 Å². The zero-order chi connectivity index (χ0) is 10.9. The Kier molecular flexibility index (Phi) is 2.92. The van der Waals surface area contributed by atoms with Crippen molar-refractivity contribution < 1.29 is 4.74 Å². The molecule has 0 saturated carbocycles. The Bertz CT molecular complexity index is 345. The van der Waals surface area contributed by atoms with Gasteiger partial charge in [0.05, 0.1) is 12.8 Å². The Labute approximate surface area is 89.0 Å². The van der Waals surface area contributed by atoms with Crippen LogP contribution in [0.2, 0.25) is 5.02 Å². The van der Waals surface area contributed by atoms with Crippen LogP contribution in [0, 0.1) is 0 Å². The molecule has 0 amide bonds. The lowest BCUT2D eigenvalue weighted by molar-refractivity contribution is 0.414. The summed E-state index contributed by atoms with van der Waals surface area (Å²) in [6.07, 6.45) is 0. The van der Waals surface area contributed by atoms with Crippen molar-refractivity contribution >= 4 is 17.3 Å². The van der Waals surface area contributed by atoms with Gasteiger partial charge in [0.1, 0.15) is 5.75 Å². The quantitative estimate of drug-likeness (QED) is 0.742. The monoisotopic (exact) mass is 214 g/mol. The lowest BCUT2D eigenvalue weighted by Crippen LogP contribution is -2.29. The zero-order valence-electron chi connectivity index (χ0n) is 8.60. The third kappa shape index (κ3) is 2.11. The number of nitrogen functional groups attached to an aromatic ring is 1. The number of anilines is 1. The molecule has 0 aliphatic heterocycles. The van der Waals surface area contributed by atoms with E-state index in [-0.39, 0.29) is 0 Å². The number of nitrogens with two attached hydrogens (primary N) is 2. The lowest BCUT2D eigenvalue weighted by atomic mass is 9.95. The molecule has 0 radical (unpaired) electrons. The van der Waals surface area contributed by atoms with Crippen molar-refractivity contribution in [2.45, 2.75) is 19.4 Å². The van der Waals surface area contributed by atoms with Crippen LogP contribution in [0.25, 0.3) is 0 Å². The Balaban J connectivity index is 3.32. The fraction of sp³-hybridized carbons (Fsp3) is 0.400. The number of halogens is 1. The molecule has 1 aromatic rings. The maximum atomic E-state index is 6.03. The van der Waals surface area contributed by atoms with Crippen molar-refractivity contribution in [3.8, 4) is 5.75 Å². The first-order valence-electron chi connectivity index (χ1n) is 4.28. The third-order valence-electron chi connectivity index (χ3n) is 2.01. The second kappa shape index (κ2) is 3.67. The van der Waals surface area contributed by atoms with Crippen molar-refractivity contribution in [2.75, 3.05) is 12.8 Å². The van der Waals surface area contributed by atoms with E-state index in [2.05, 4.69) is 0 Å². The van der Waals surface area contributed by atoms with Crippen LogP contribution >= 0.6 is 11.6 Å². The second-order valence-electron chi connectivity index (χ2n) is 3.80. The molecule has 0 aliphatic rings. The largest absolute Gasteiger partial charge is 0.495 e. The van der Waals surface area contributed by atoms with Crippen LogP contribution in [-0.2, 0) is 5.54 Å². The average Bonchev–Trinajstić information content (AvgIpc) is 2.02. The summed E-state index contributed by atoms with van der Waals surface area (Å²) in [5, 5.41) is 0.566.